The summed E-state index contributed by atoms with van der Waals surface area (Å²) in [6, 6.07) is 4.02. The van der Waals surface area contributed by atoms with E-state index in [1.54, 1.807) is 0 Å². The summed E-state index contributed by atoms with van der Waals surface area (Å²) in [6.07, 6.45) is -13.9. The van der Waals surface area contributed by atoms with E-state index in [1.807, 2.05) is 0 Å². The summed E-state index contributed by atoms with van der Waals surface area (Å²) in [5, 5.41) is 0. The van der Waals surface area contributed by atoms with Crippen LogP contribution in [0.5, 0.6) is 0 Å². The number of benzene rings is 2. The van der Waals surface area contributed by atoms with Gasteiger partial charge in [0.2, 0.25) is 9.84 Å². The maximum Gasteiger partial charge on any atom is 0.393 e. The van der Waals surface area contributed by atoms with Crippen LogP contribution in [0.1, 0.15) is 11.1 Å². The first-order valence-corrected chi connectivity index (χ1v) is 8.64. The number of hydrogen-bond acceptors (Lipinski definition) is 2. The molecule has 2 nitrogen and oxygen atoms in total. The summed E-state index contributed by atoms with van der Waals surface area (Å²) in [5.74, 6) is -3.00. The number of halogens is 8. The van der Waals surface area contributed by atoms with Crippen molar-refractivity contribution in [3.05, 3.63) is 59.2 Å². The van der Waals surface area contributed by atoms with Crippen molar-refractivity contribution >= 4 is 9.84 Å². The first-order valence-electron chi connectivity index (χ1n) is 7.16. The van der Waals surface area contributed by atoms with Crippen LogP contribution in [-0.2, 0) is 22.7 Å². The number of alkyl halides is 6. The van der Waals surface area contributed by atoms with E-state index >= 15 is 0 Å². The molecule has 2 aromatic rings. The Kier molecular flexibility index (Phi) is 5.56. The van der Waals surface area contributed by atoms with Gasteiger partial charge in [0.25, 0.3) is 0 Å². The summed E-state index contributed by atoms with van der Waals surface area (Å²) in [5.41, 5.74) is -2.51. The van der Waals surface area contributed by atoms with Gasteiger partial charge in [0.05, 0.1) is 22.6 Å². The predicted molar refractivity (Wildman–Crippen MR) is 77.8 cm³/mol. The van der Waals surface area contributed by atoms with Gasteiger partial charge in [0, 0.05) is 11.1 Å². The third-order valence-electron chi connectivity index (χ3n) is 3.49. The molecule has 11 heteroatoms. The maximum atomic E-state index is 13.9. The zero-order chi connectivity index (χ0) is 20.6. The quantitative estimate of drug-likeness (QED) is 0.655. The van der Waals surface area contributed by atoms with Crippen molar-refractivity contribution in [1.29, 1.82) is 0 Å². The molecular formula is C16H10F8O2S. The van der Waals surface area contributed by atoms with Crippen molar-refractivity contribution in [1.82, 2.24) is 0 Å². The Morgan fingerprint density at radius 1 is 0.667 bits per heavy atom. The van der Waals surface area contributed by atoms with Gasteiger partial charge in [-0.25, -0.2) is 17.2 Å². The van der Waals surface area contributed by atoms with Crippen molar-refractivity contribution in [2.75, 3.05) is 0 Å². The average Bonchev–Trinajstić information content (AvgIpc) is 2.48. The fraction of sp³-hybridized carbons (Fsp3) is 0.250. The Morgan fingerprint density at radius 3 is 1.30 bits per heavy atom. The van der Waals surface area contributed by atoms with Crippen molar-refractivity contribution in [2.24, 2.45) is 0 Å². The van der Waals surface area contributed by atoms with E-state index in [9.17, 15) is 43.5 Å². The molecule has 0 aliphatic rings. The van der Waals surface area contributed by atoms with E-state index < -0.39 is 67.6 Å². The molecule has 0 aliphatic carbocycles. The fourth-order valence-electron chi connectivity index (χ4n) is 2.44. The highest BCUT2D eigenvalue weighted by Gasteiger charge is 2.37. The lowest BCUT2D eigenvalue weighted by Gasteiger charge is -2.16. The van der Waals surface area contributed by atoms with Crippen LogP contribution in [0, 0.1) is 11.6 Å². The summed E-state index contributed by atoms with van der Waals surface area (Å²) >= 11 is 0. The molecule has 0 saturated carbocycles. The van der Waals surface area contributed by atoms with E-state index in [1.165, 1.54) is 0 Å². The highest BCUT2D eigenvalue weighted by Crippen LogP contribution is 2.35. The minimum absolute atomic E-state index is 0.586. The van der Waals surface area contributed by atoms with Gasteiger partial charge >= 0.3 is 12.4 Å². The van der Waals surface area contributed by atoms with Gasteiger partial charge in [0.1, 0.15) is 11.6 Å². The molecule has 0 N–H and O–H groups in total. The minimum Gasteiger partial charge on any atom is -0.218 e. The zero-order valence-corrected chi connectivity index (χ0v) is 13.9. The largest absolute Gasteiger partial charge is 0.393 e. The van der Waals surface area contributed by atoms with Crippen LogP contribution in [0.4, 0.5) is 35.1 Å². The molecule has 27 heavy (non-hydrogen) atoms. The summed E-state index contributed by atoms with van der Waals surface area (Å²) in [6.45, 7) is 0. The van der Waals surface area contributed by atoms with Crippen LogP contribution in [0.3, 0.4) is 0 Å². The second-order valence-electron chi connectivity index (χ2n) is 5.52. The van der Waals surface area contributed by atoms with Gasteiger partial charge in [0.15, 0.2) is 0 Å². The maximum absolute atomic E-state index is 13.9. The predicted octanol–water partition coefficient (Wildman–Crippen LogP) is 5.01. The number of sulfone groups is 1. The van der Waals surface area contributed by atoms with Gasteiger partial charge in [-0.2, -0.15) is 26.3 Å². The number of hydrogen-bond donors (Lipinski definition) is 0. The Morgan fingerprint density at radius 2 is 1.00 bits per heavy atom. The van der Waals surface area contributed by atoms with E-state index in [0.717, 1.165) is 12.1 Å². The third-order valence-corrected chi connectivity index (χ3v) is 5.41. The minimum atomic E-state index is -5.07. The molecule has 0 amide bonds. The third kappa shape index (κ3) is 4.96. The molecule has 0 radical (unpaired) electrons. The highest BCUT2D eigenvalue weighted by molar-refractivity contribution is 7.91. The van der Waals surface area contributed by atoms with E-state index in [-0.39, 0.29) is 0 Å². The molecule has 0 heterocycles. The Hall–Kier alpha value is -2.17. The second kappa shape index (κ2) is 7.10. The average molecular weight is 418 g/mol. The van der Waals surface area contributed by atoms with Crippen LogP contribution in [0.25, 0.3) is 0 Å². The molecule has 2 rings (SSSR count). The van der Waals surface area contributed by atoms with Gasteiger partial charge < -0.3 is 0 Å². The molecule has 0 spiro atoms. The molecule has 148 valence electrons. The first kappa shape index (κ1) is 21.1. The molecular weight excluding hydrogens is 408 g/mol. The molecule has 0 saturated heterocycles. The molecule has 2 aromatic carbocycles. The van der Waals surface area contributed by atoms with Crippen molar-refractivity contribution in [3.63, 3.8) is 0 Å². The lowest BCUT2D eigenvalue weighted by molar-refractivity contribution is -0.128. The molecule has 0 bridgehead atoms. The molecule has 0 aromatic heterocycles. The zero-order valence-electron chi connectivity index (χ0n) is 13.1. The summed E-state index contributed by atoms with van der Waals surface area (Å²) in [4.78, 5) is -2.34. The van der Waals surface area contributed by atoms with E-state index in [2.05, 4.69) is 0 Å². The molecule has 0 fully saturated rings. The first-order chi connectivity index (χ1) is 12.2. The van der Waals surface area contributed by atoms with Crippen LogP contribution < -0.4 is 0 Å². The van der Waals surface area contributed by atoms with E-state index in [4.69, 9.17) is 0 Å². The van der Waals surface area contributed by atoms with E-state index in [0.29, 0.717) is 24.3 Å². The van der Waals surface area contributed by atoms with Gasteiger partial charge in [-0.3, -0.25) is 0 Å². The van der Waals surface area contributed by atoms with Crippen molar-refractivity contribution < 1.29 is 43.5 Å². The molecule has 0 unspecified atom stereocenters. The highest BCUT2D eigenvalue weighted by atomic mass is 32.2. The smallest absolute Gasteiger partial charge is 0.218 e. The lowest BCUT2D eigenvalue weighted by atomic mass is 10.1. The molecule has 0 atom stereocenters. The second-order valence-corrected chi connectivity index (χ2v) is 7.41. The monoisotopic (exact) mass is 418 g/mol. The topological polar surface area (TPSA) is 34.1 Å². The van der Waals surface area contributed by atoms with Crippen molar-refractivity contribution in [2.45, 2.75) is 35.0 Å². The SMILES string of the molecule is O=S(=O)(c1cccc(F)c1CC(F)(F)F)c1cccc(F)c1CC(F)(F)F. The fourth-order valence-corrected chi connectivity index (χ4v) is 4.18. The van der Waals surface area contributed by atoms with Gasteiger partial charge in [-0.05, 0) is 24.3 Å². The van der Waals surface area contributed by atoms with Crippen LogP contribution in [0.2, 0.25) is 0 Å². The lowest BCUT2D eigenvalue weighted by Crippen LogP contribution is -2.19. The van der Waals surface area contributed by atoms with Crippen molar-refractivity contribution in [3.8, 4) is 0 Å². The normalized spacial score (nSPS) is 13.0. The van der Waals surface area contributed by atoms with Crippen LogP contribution in [-0.4, -0.2) is 20.8 Å². The van der Waals surface area contributed by atoms with Gasteiger partial charge in [-0.15, -0.1) is 0 Å². The van der Waals surface area contributed by atoms with Crippen LogP contribution in [0.15, 0.2) is 46.2 Å². The Labute approximate surface area is 148 Å². The standard InChI is InChI=1S/C16H10F8O2S/c17-11-3-1-5-13(9(11)7-15(19,20)21)27(25,26)14-6-2-4-12(18)10(14)8-16(22,23)24/h1-6H,7-8H2. The summed E-state index contributed by atoms with van der Waals surface area (Å²) in [7, 11) is -5.07. The Balaban J connectivity index is 2.72. The van der Waals surface area contributed by atoms with Crippen LogP contribution >= 0.6 is 0 Å². The van der Waals surface area contributed by atoms with Gasteiger partial charge in [-0.1, -0.05) is 12.1 Å². The molecule has 0 aliphatic heterocycles. The number of rotatable bonds is 4. The Bertz CT molecular complexity index is 874. The summed E-state index contributed by atoms with van der Waals surface area (Å²) < 4.78 is 129.